The van der Waals surface area contributed by atoms with Crippen molar-refractivity contribution in [3.8, 4) is 11.5 Å². The Bertz CT molecular complexity index is 545. The van der Waals surface area contributed by atoms with Gasteiger partial charge in [-0.15, -0.1) is 0 Å². The van der Waals surface area contributed by atoms with E-state index in [1.165, 1.54) is 7.11 Å². The molecule has 0 radical (unpaired) electrons. The van der Waals surface area contributed by atoms with E-state index in [-0.39, 0.29) is 51.4 Å². The van der Waals surface area contributed by atoms with Gasteiger partial charge in [0, 0.05) is 4.91 Å². The van der Waals surface area contributed by atoms with Crippen LogP contribution < -0.4 is 60.9 Å². The third-order valence-electron chi connectivity index (χ3n) is 2.31. The van der Waals surface area contributed by atoms with Crippen LogP contribution in [-0.2, 0) is 4.79 Å². The average Bonchev–Trinajstić information content (AvgIpc) is 2.67. The third kappa shape index (κ3) is 4.07. The Morgan fingerprint density at radius 1 is 1.16 bits per heavy atom. The Balaban J connectivity index is 0.00000180. The molecule has 0 atom stereocenters. The number of carbonyl (C=O) groups is 2. The molecule has 1 aromatic rings. The number of benzene rings is 1. The first-order valence-corrected chi connectivity index (χ1v) is 5.87. The maximum atomic E-state index is 11.3. The quantitative estimate of drug-likeness (QED) is 0.572. The van der Waals surface area contributed by atoms with Crippen LogP contribution in [0.5, 0.6) is 11.5 Å². The molecule has 5 nitrogen and oxygen atoms in total. The molecule has 0 aliphatic carbocycles. The van der Waals surface area contributed by atoms with Gasteiger partial charge in [-0.25, -0.2) is 0 Å². The zero-order chi connectivity index (χ0) is 13.1. The van der Waals surface area contributed by atoms with Crippen LogP contribution in [0.1, 0.15) is 5.56 Å². The van der Waals surface area contributed by atoms with E-state index in [0.717, 1.165) is 17.3 Å². The number of methoxy groups -OCH3 is 2. The maximum absolute atomic E-state index is 11.3. The monoisotopic (exact) mass is 303 g/mol. The van der Waals surface area contributed by atoms with Crippen LogP contribution in [0, 0.1) is 0 Å². The van der Waals surface area contributed by atoms with E-state index in [1.54, 1.807) is 31.4 Å². The minimum absolute atomic E-state index is 0. The molecule has 1 aromatic carbocycles. The van der Waals surface area contributed by atoms with Crippen molar-refractivity contribution in [1.82, 2.24) is 0 Å². The first-order chi connectivity index (χ1) is 8.63. The summed E-state index contributed by atoms with van der Waals surface area (Å²) in [5.41, 5.74) is 0.744. The minimum atomic E-state index is -0.500. The van der Waals surface area contributed by atoms with E-state index >= 15 is 0 Å². The van der Waals surface area contributed by atoms with Crippen LogP contribution in [0.3, 0.4) is 0 Å². The Hall–Kier alpha value is -0.314. The maximum Gasteiger partial charge on any atom is 1.00 e. The number of ether oxygens (including phenoxy) is 2. The van der Waals surface area contributed by atoms with Crippen LogP contribution in [0.2, 0.25) is 0 Å². The van der Waals surface area contributed by atoms with Gasteiger partial charge < -0.3 is 24.4 Å². The Morgan fingerprint density at radius 3 is 2.37 bits per heavy atom. The minimum Gasteiger partial charge on any atom is -0.581 e. The number of amides is 2. The number of hydrogen-bond donors (Lipinski definition) is 0. The number of hydrogen-bond acceptors (Lipinski definition) is 5. The van der Waals surface area contributed by atoms with Gasteiger partial charge in [-0.05, 0) is 23.8 Å². The average molecular weight is 303 g/mol. The van der Waals surface area contributed by atoms with Gasteiger partial charge in [-0.1, -0.05) is 17.8 Å². The molecular weight excluding hydrogens is 293 g/mol. The fourth-order valence-corrected chi connectivity index (χ4v) is 2.13. The Labute approximate surface area is 157 Å². The van der Waals surface area contributed by atoms with Crippen molar-refractivity contribution in [3.63, 3.8) is 0 Å². The van der Waals surface area contributed by atoms with E-state index < -0.39 is 11.1 Å². The number of rotatable bonds is 3. The molecule has 0 bridgehead atoms. The fraction of sp³-hybridized carbons (Fsp3) is 0.167. The predicted molar refractivity (Wildman–Crippen MR) is 68.9 cm³/mol. The van der Waals surface area contributed by atoms with E-state index in [0.29, 0.717) is 16.4 Å². The summed E-state index contributed by atoms with van der Waals surface area (Å²) in [7, 11) is 3.08. The van der Waals surface area contributed by atoms with Crippen LogP contribution in [-0.4, -0.2) is 25.4 Å². The molecule has 0 N–H and O–H groups in total. The molecule has 2 rings (SSSR count). The third-order valence-corrected chi connectivity index (χ3v) is 3.08. The van der Waals surface area contributed by atoms with Crippen molar-refractivity contribution < 1.29 is 70.4 Å². The molecular formula is C12H10KNO4S. The molecule has 1 saturated heterocycles. The topological polar surface area (TPSA) is 66.7 Å². The summed E-state index contributed by atoms with van der Waals surface area (Å²) in [6, 6.07) is 5.22. The second kappa shape index (κ2) is 7.46. The predicted octanol–water partition coefficient (Wildman–Crippen LogP) is -0.184. The van der Waals surface area contributed by atoms with Crippen LogP contribution in [0.25, 0.3) is 11.4 Å². The summed E-state index contributed by atoms with van der Waals surface area (Å²) in [4.78, 5) is 22.6. The molecule has 1 heterocycles. The Kier molecular flexibility index (Phi) is 6.58. The second-order valence-electron chi connectivity index (χ2n) is 3.41. The number of carbonyl (C=O) groups excluding carboxylic acids is 2. The van der Waals surface area contributed by atoms with Crippen molar-refractivity contribution in [2.45, 2.75) is 0 Å². The van der Waals surface area contributed by atoms with Gasteiger partial charge in [-0.3, -0.25) is 0 Å². The summed E-state index contributed by atoms with van der Waals surface area (Å²) >= 11 is 0.826. The van der Waals surface area contributed by atoms with Crippen LogP contribution in [0.15, 0.2) is 23.1 Å². The van der Waals surface area contributed by atoms with E-state index in [4.69, 9.17) is 9.47 Å². The molecule has 0 saturated carbocycles. The molecule has 19 heavy (non-hydrogen) atoms. The second-order valence-corrected chi connectivity index (χ2v) is 4.40. The molecule has 0 aromatic heterocycles. The summed E-state index contributed by atoms with van der Waals surface area (Å²) in [6.45, 7) is 0. The van der Waals surface area contributed by atoms with Gasteiger partial charge in [0.25, 0.3) is 0 Å². The Morgan fingerprint density at radius 2 is 1.84 bits per heavy atom. The molecule has 1 fully saturated rings. The van der Waals surface area contributed by atoms with Gasteiger partial charge in [0.2, 0.25) is 0 Å². The zero-order valence-corrected chi connectivity index (χ0v) is 14.7. The largest absolute Gasteiger partial charge is 1.00 e. The molecule has 1 aliphatic rings. The standard InChI is InChI=1S/C12H11NO4S.K/c1-16-8-4-3-7(5-9(8)17-2)6-10-11(14)13-12(15)18-10;/h3-6H,1-2H3,(H,13,14,15);/q;+1/p-1/b10-6-;. The van der Waals surface area contributed by atoms with Gasteiger partial charge >= 0.3 is 51.4 Å². The van der Waals surface area contributed by atoms with Crippen LogP contribution in [0.4, 0.5) is 4.79 Å². The van der Waals surface area contributed by atoms with Crippen molar-refractivity contribution >= 4 is 29.0 Å². The number of imide groups is 1. The summed E-state index contributed by atoms with van der Waals surface area (Å²) < 4.78 is 10.3. The van der Waals surface area contributed by atoms with Gasteiger partial charge in [0.1, 0.15) is 5.24 Å². The first kappa shape index (κ1) is 16.7. The molecule has 0 spiro atoms. The van der Waals surface area contributed by atoms with Crippen molar-refractivity contribution in [2.24, 2.45) is 0 Å². The zero-order valence-electron chi connectivity index (χ0n) is 10.8. The van der Waals surface area contributed by atoms with Crippen molar-refractivity contribution in [3.05, 3.63) is 34.0 Å². The van der Waals surface area contributed by atoms with E-state index in [9.17, 15) is 9.59 Å². The smallest absolute Gasteiger partial charge is 0.581 e. The normalized spacial score (nSPS) is 16.0. The summed E-state index contributed by atoms with van der Waals surface area (Å²) in [5.74, 6) is 0.663. The van der Waals surface area contributed by atoms with Gasteiger partial charge in [0.05, 0.1) is 20.1 Å². The van der Waals surface area contributed by atoms with E-state index in [1.807, 2.05) is 0 Å². The number of nitrogens with zero attached hydrogens (tertiary/aromatic N) is 1. The molecule has 2 amide bonds. The molecule has 94 valence electrons. The van der Waals surface area contributed by atoms with E-state index in [2.05, 4.69) is 5.32 Å². The summed E-state index contributed by atoms with van der Waals surface area (Å²) in [5, 5.41) is 2.82. The number of thioether (sulfide) groups is 1. The molecule has 0 unspecified atom stereocenters. The van der Waals surface area contributed by atoms with Gasteiger partial charge in [-0.2, -0.15) is 0 Å². The summed E-state index contributed by atoms with van der Waals surface area (Å²) in [6.07, 6.45) is 1.60. The fourth-order valence-electron chi connectivity index (χ4n) is 1.48. The van der Waals surface area contributed by atoms with Crippen LogP contribution >= 0.6 is 11.8 Å². The van der Waals surface area contributed by atoms with Gasteiger partial charge in [0.15, 0.2) is 11.5 Å². The SMILES string of the molecule is COc1ccc(/C=C2\SC(=O)[N-]C2=O)cc1OC.[K+]. The molecule has 1 aliphatic heterocycles. The van der Waals surface area contributed by atoms with Crippen molar-refractivity contribution in [2.75, 3.05) is 14.2 Å². The van der Waals surface area contributed by atoms with Crippen molar-refractivity contribution in [1.29, 1.82) is 0 Å². The molecule has 7 heteroatoms. The first-order valence-electron chi connectivity index (χ1n) is 5.05.